The molecule has 3 aromatic carbocycles. The van der Waals surface area contributed by atoms with Crippen LogP contribution in [0.4, 0.5) is 23.4 Å². The zero-order chi connectivity index (χ0) is 26.2. The van der Waals surface area contributed by atoms with E-state index in [2.05, 4.69) is 15.1 Å². The third-order valence-corrected chi connectivity index (χ3v) is 6.67. The number of fused-ring (bicyclic) bond motifs is 1. The molecule has 2 heterocycles. The number of nitrogens with zero attached hydrogens (tertiary/aromatic N) is 4. The highest BCUT2D eigenvalue weighted by atomic mass is 35.5. The Morgan fingerprint density at radius 2 is 1.58 bits per heavy atom. The van der Waals surface area contributed by atoms with E-state index in [0.717, 1.165) is 28.5 Å². The summed E-state index contributed by atoms with van der Waals surface area (Å²) in [6, 6.07) is 18.5. The molecule has 1 aliphatic heterocycles. The molecule has 1 aliphatic rings. The van der Waals surface area contributed by atoms with Gasteiger partial charge in [-0.2, -0.15) is 13.2 Å². The Bertz CT molecular complexity index is 1430. The number of alkyl halides is 3. The molecule has 1 saturated heterocycles. The van der Waals surface area contributed by atoms with Crippen LogP contribution in [0, 0.1) is 5.82 Å². The van der Waals surface area contributed by atoms with Gasteiger partial charge in [0, 0.05) is 42.0 Å². The Balaban J connectivity index is 0.00000336. The van der Waals surface area contributed by atoms with Crippen molar-refractivity contribution in [2.24, 2.45) is 0 Å². The number of benzene rings is 3. The van der Waals surface area contributed by atoms with Crippen LogP contribution in [-0.4, -0.2) is 46.7 Å². The lowest BCUT2D eigenvalue weighted by Gasteiger charge is -2.40. The number of carbonyl (C=O) groups is 1. The van der Waals surface area contributed by atoms with Gasteiger partial charge in [-0.1, -0.05) is 36.4 Å². The molecule has 38 heavy (non-hydrogen) atoms. The van der Waals surface area contributed by atoms with Crippen LogP contribution >= 0.6 is 12.4 Å². The van der Waals surface area contributed by atoms with E-state index >= 15 is 0 Å². The SMILES string of the molecule is C[C@H]1CN(c2nnc(-c3ccc(F)cc3)c3ccccc23)CCN1C(=O)Cc1ccc(C(F)(F)F)cc1.Cl. The largest absolute Gasteiger partial charge is 0.416 e. The van der Waals surface area contributed by atoms with E-state index in [1.54, 1.807) is 17.0 Å². The molecule has 0 unspecified atom stereocenters. The van der Waals surface area contributed by atoms with Gasteiger partial charge in [-0.15, -0.1) is 22.6 Å². The molecule has 1 aromatic heterocycles. The van der Waals surface area contributed by atoms with E-state index in [-0.39, 0.29) is 36.6 Å². The number of hydrogen-bond acceptors (Lipinski definition) is 4. The van der Waals surface area contributed by atoms with E-state index in [9.17, 15) is 22.4 Å². The van der Waals surface area contributed by atoms with Crippen LogP contribution < -0.4 is 4.90 Å². The quantitative estimate of drug-likeness (QED) is 0.289. The molecule has 198 valence electrons. The minimum Gasteiger partial charge on any atom is -0.351 e. The fraction of sp³-hybridized carbons (Fsp3) is 0.250. The van der Waals surface area contributed by atoms with Gasteiger partial charge >= 0.3 is 6.18 Å². The molecule has 0 bridgehead atoms. The van der Waals surface area contributed by atoms with E-state index in [0.29, 0.717) is 36.7 Å². The van der Waals surface area contributed by atoms with Crippen LogP contribution in [0.3, 0.4) is 0 Å². The van der Waals surface area contributed by atoms with E-state index in [4.69, 9.17) is 0 Å². The molecule has 4 aromatic rings. The maximum absolute atomic E-state index is 13.4. The number of aromatic nitrogens is 2. The van der Waals surface area contributed by atoms with Crippen molar-refractivity contribution in [3.05, 3.63) is 89.7 Å². The van der Waals surface area contributed by atoms with Crippen molar-refractivity contribution >= 4 is 34.9 Å². The summed E-state index contributed by atoms with van der Waals surface area (Å²) in [6.45, 7) is 3.47. The Hall–Kier alpha value is -3.72. The molecule has 0 radical (unpaired) electrons. The maximum Gasteiger partial charge on any atom is 0.416 e. The van der Waals surface area contributed by atoms with Gasteiger partial charge in [0.25, 0.3) is 0 Å². The second-order valence-corrected chi connectivity index (χ2v) is 9.18. The molecule has 1 fully saturated rings. The highest BCUT2D eigenvalue weighted by Gasteiger charge is 2.31. The zero-order valence-electron chi connectivity index (χ0n) is 20.5. The number of piperazine rings is 1. The fourth-order valence-electron chi connectivity index (χ4n) is 4.75. The van der Waals surface area contributed by atoms with Gasteiger partial charge in [-0.3, -0.25) is 4.79 Å². The van der Waals surface area contributed by atoms with Crippen LogP contribution in [0.25, 0.3) is 22.0 Å². The number of halogens is 5. The molecule has 5 rings (SSSR count). The Kier molecular flexibility index (Phi) is 7.87. The molecule has 1 amide bonds. The van der Waals surface area contributed by atoms with Crippen molar-refractivity contribution in [3.8, 4) is 11.3 Å². The summed E-state index contributed by atoms with van der Waals surface area (Å²) >= 11 is 0. The first-order chi connectivity index (χ1) is 17.7. The predicted molar refractivity (Wildman–Crippen MR) is 141 cm³/mol. The summed E-state index contributed by atoms with van der Waals surface area (Å²) in [7, 11) is 0. The lowest BCUT2D eigenvalue weighted by Crippen LogP contribution is -2.54. The minimum absolute atomic E-state index is 0. The minimum atomic E-state index is -4.41. The first kappa shape index (κ1) is 27.3. The van der Waals surface area contributed by atoms with Gasteiger partial charge in [-0.25, -0.2) is 4.39 Å². The number of carbonyl (C=O) groups excluding carboxylic acids is 1. The van der Waals surface area contributed by atoms with Crippen molar-refractivity contribution in [1.82, 2.24) is 15.1 Å². The van der Waals surface area contributed by atoms with Crippen LogP contribution in [0.2, 0.25) is 0 Å². The van der Waals surface area contributed by atoms with Crippen LogP contribution in [0.15, 0.2) is 72.8 Å². The summed E-state index contributed by atoms with van der Waals surface area (Å²) in [6.07, 6.45) is -4.37. The van der Waals surface area contributed by atoms with Gasteiger partial charge in [0.15, 0.2) is 5.82 Å². The lowest BCUT2D eigenvalue weighted by molar-refractivity contribution is -0.137. The monoisotopic (exact) mass is 544 g/mol. The Labute approximate surface area is 223 Å². The average Bonchev–Trinajstić information content (AvgIpc) is 2.88. The van der Waals surface area contributed by atoms with Gasteiger partial charge in [-0.05, 0) is 48.9 Å². The molecule has 0 spiro atoms. The lowest BCUT2D eigenvalue weighted by atomic mass is 10.0. The molecule has 0 saturated carbocycles. The third kappa shape index (κ3) is 5.57. The number of amides is 1. The highest BCUT2D eigenvalue weighted by molar-refractivity contribution is 6.00. The van der Waals surface area contributed by atoms with Gasteiger partial charge in [0.2, 0.25) is 5.91 Å². The Morgan fingerprint density at radius 3 is 2.21 bits per heavy atom. The van der Waals surface area contributed by atoms with Crippen molar-refractivity contribution in [2.75, 3.05) is 24.5 Å². The summed E-state index contributed by atoms with van der Waals surface area (Å²) in [5, 5.41) is 10.8. The normalized spacial score (nSPS) is 15.9. The first-order valence-corrected chi connectivity index (χ1v) is 11.9. The topological polar surface area (TPSA) is 49.3 Å². The molecule has 0 aliphatic carbocycles. The molecule has 10 heteroatoms. The highest BCUT2D eigenvalue weighted by Crippen LogP contribution is 2.33. The summed E-state index contributed by atoms with van der Waals surface area (Å²) in [5.74, 6) is 0.259. The van der Waals surface area contributed by atoms with Crippen molar-refractivity contribution < 1.29 is 22.4 Å². The molecule has 0 N–H and O–H groups in total. The van der Waals surface area contributed by atoms with E-state index in [1.165, 1.54) is 24.3 Å². The van der Waals surface area contributed by atoms with Crippen LogP contribution in [-0.2, 0) is 17.4 Å². The molecular formula is C28H25ClF4N4O. The Morgan fingerprint density at radius 1 is 0.921 bits per heavy atom. The second-order valence-electron chi connectivity index (χ2n) is 9.18. The van der Waals surface area contributed by atoms with Gasteiger partial charge in [0.1, 0.15) is 11.5 Å². The van der Waals surface area contributed by atoms with Gasteiger partial charge in [0.05, 0.1) is 12.0 Å². The number of hydrogen-bond donors (Lipinski definition) is 0. The molecule has 5 nitrogen and oxygen atoms in total. The smallest absolute Gasteiger partial charge is 0.351 e. The maximum atomic E-state index is 13.4. The third-order valence-electron chi connectivity index (χ3n) is 6.67. The standard InChI is InChI=1S/C28H24F4N4O.ClH/c1-18-17-35(14-15-36(18)25(37)16-19-6-10-21(11-7-19)28(30,31)32)27-24-5-3-2-4-23(24)26(33-34-27)20-8-12-22(29)13-9-20;/h2-13,18H,14-17H2,1H3;1H/t18-;/m0./s1. The van der Waals surface area contributed by atoms with Crippen molar-refractivity contribution in [2.45, 2.75) is 25.6 Å². The number of anilines is 1. The summed E-state index contributed by atoms with van der Waals surface area (Å²) < 4.78 is 51.9. The van der Waals surface area contributed by atoms with E-state index < -0.39 is 11.7 Å². The van der Waals surface area contributed by atoms with Crippen LogP contribution in [0.1, 0.15) is 18.1 Å². The average molecular weight is 545 g/mol. The zero-order valence-corrected chi connectivity index (χ0v) is 21.3. The molecule has 1 atom stereocenters. The van der Waals surface area contributed by atoms with Gasteiger partial charge < -0.3 is 9.80 Å². The first-order valence-electron chi connectivity index (χ1n) is 11.9. The van der Waals surface area contributed by atoms with Crippen LogP contribution in [0.5, 0.6) is 0 Å². The predicted octanol–water partition coefficient (Wildman–Crippen LogP) is 6.16. The molecular weight excluding hydrogens is 520 g/mol. The fourth-order valence-corrected chi connectivity index (χ4v) is 4.75. The summed E-state index contributed by atoms with van der Waals surface area (Å²) in [5.41, 5.74) is 1.24. The second kappa shape index (κ2) is 10.9. The van der Waals surface area contributed by atoms with Crippen molar-refractivity contribution in [3.63, 3.8) is 0 Å². The van der Waals surface area contributed by atoms with Crippen molar-refractivity contribution in [1.29, 1.82) is 0 Å². The van der Waals surface area contributed by atoms with E-state index in [1.807, 2.05) is 31.2 Å². The summed E-state index contributed by atoms with van der Waals surface area (Å²) in [4.78, 5) is 16.8. The number of rotatable bonds is 4.